The summed E-state index contributed by atoms with van der Waals surface area (Å²) in [4.78, 5) is 19.7. The first-order chi connectivity index (χ1) is 8.02. The van der Waals surface area contributed by atoms with Gasteiger partial charge in [-0.1, -0.05) is 13.8 Å². The van der Waals surface area contributed by atoms with Crippen molar-refractivity contribution in [3.8, 4) is 0 Å². The number of nitrogens with one attached hydrogen (secondary N) is 1. The summed E-state index contributed by atoms with van der Waals surface area (Å²) >= 11 is 3.25. The van der Waals surface area contributed by atoms with Crippen molar-refractivity contribution in [3.05, 3.63) is 16.9 Å². The highest BCUT2D eigenvalue weighted by atomic mass is 79.9. The molecule has 94 valence electrons. The van der Waals surface area contributed by atoms with E-state index >= 15 is 0 Å². The number of rotatable bonds is 5. The minimum Gasteiger partial charge on any atom is -0.467 e. The molecular formula is C11H16BrN3O2. The molecule has 1 N–H and O–H groups in total. The van der Waals surface area contributed by atoms with Gasteiger partial charge in [-0.15, -0.1) is 0 Å². The average Bonchev–Trinajstić information content (AvgIpc) is 2.29. The second-order valence-electron chi connectivity index (χ2n) is 4.07. The fourth-order valence-corrected chi connectivity index (χ4v) is 1.58. The monoisotopic (exact) mass is 301 g/mol. The van der Waals surface area contributed by atoms with Gasteiger partial charge >= 0.3 is 5.97 Å². The van der Waals surface area contributed by atoms with E-state index in [1.807, 2.05) is 13.8 Å². The molecular weight excluding hydrogens is 286 g/mol. The van der Waals surface area contributed by atoms with Gasteiger partial charge in [0, 0.05) is 12.4 Å². The lowest BCUT2D eigenvalue weighted by Gasteiger charge is -2.17. The quantitative estimate of drug-likeness (QED) is 0.845. The Hall–Kier alpha value is -1.17. The molecule has 1 aromatic rings. The number of aromatic nitrogens is 2. The van der Waals surface area contributed by atoms with E-state index in [0.717, 1.165) is 4.47 Å². The van der Waals surface area contributed by atoms with Crippen LogP contribution in [0.25, 0.3) is 0 Å². The molecule has 0 aliphatic rings. The lowest BCUT2D eigenvalue weighted by molar-refractivity contribution is -0.141. The summed E-state index contributed by atoms with van der Waals surface area (Å²) in [5, 5.41) is 2.97. The van der Waals surface area contributed by atoms with Crippen LogP contribution in [-0.4, -0.2) is 29.1 Å². The summed E-state index contributed by atoms with van der Waals surface area (Å²) in [5.41, 5.74) is 0. The molecule has 0 amide bonds. The van der Waals surface area contributed by atoms with E-state index < -0.39 is 6.04 Å². The van der Waals surface area contributed by atoms with E-state index in [4.69, 9.17) is 4.74 Å². The Labute approximate surface area is 109 Å². The van der Waals surface area contributed by atoms with E-state index in [2.05, 4.69) is 31.2 Å². The normalized spacial score (nSPS) is 12.3. The Morgan fingerprint density at radius 2 is 2.06 bits per heavy atom. The average molecular weight is 302 g/mol. The van der Waals surface area contributed by atoms with Crippen LogP contribution < -0.4 is 5.32 Å². The van der Waals surface area contributed by atoms with Crippen LogP contribution >= 0.6 is 15.9 Å². The van der Waals surface area contributed by atoms with Crippen molar-refractivity contribution >= 4 is 27.8 Å². The zero-order valence-electron chi connectivity index (χ0n) is 10.1. The standard InChI is InChI=1S/C11H16BrN3O2/c1-7(2)4-9(10(16)17-3)15-11-13-5-8(12)6-14-11/h5-7,9H,4H2,1-3H3,(H,13,14,15)/t9-/m1/s1. The molecule has 1 heterocycles. The molecule has 0 aliphatic carbocycles. The number of carbonyl (C=O) groups excluding carboxylic acids is 1. The molecule has 0 radical (unpaired) electrons. The minimum atomic E-state index is -0.416. The van der Waals surface area contributed by atoms with Gasteiger partial charge in [0.2, 0.25) is 5.95 Å². The predicted molar refractivity (Wildman–Crippen MR) is 68.6 cm³/mol. The molecule has 0 saturated heterocycles. The van der Waals surface area contributed by atoms with Crippen LogP contribution in [0.15, 0.2) is 16.9 Å². The first-order valence-electron chi connectivity index (χ1n) is 5.34. The minimum absolute atomic E-state index is 0.301. The van der Waals surface area contributed by atoms with Crippen molar-refractivity contribution in [3.63, 3.8) is 0 Å². The lowest BCUT2D eigenvalue weighted by atomic mass is 10.0. The van der Waals surface area contributed by atoms with Crippen molar-refractivity contribution in [2.24, 2.45) is 5.92 Å². The summed E-state index contributed by atoms with van der Waals surface area (Å²) in [5.74, 6) is 0.497. The van der Waals surface area contributed by atoms with Crippen molar-refractivity contribution in [2.45, 2.75) is 26.3 Å². The highest BCUT2D eigenvalue weighted by Gasteiger charge is 2.21. The lowest BCUT2D eigenvalue weighted by Crippen LogP contribution is -2.32. The van der Waals surface area contributed by atoms with Crippen LogP contribution in [-0.2, 0) is 9.53 Å². The van der Waals surface area contributed by atoms with E-state index in [1.165, 1.54) is 7.11 Å². The molecule has 6 heteroatoms. The van der Waals surface area contributed by atoms with Gasteiger partial charge in [0.1, 0.15) is 6.04 Å². The molecule has 1 rings (SSSR count). The second-order valence-corrected chi connectivity index (χ2v) is 4.99. The molecule has 0 aliphatic heterocycles. The number of carbonyl (C=O) groups is 1. The van der Waals surface area contributed by atoms with Crippen LogP contribution in [0, 0.1) is 5.92 Å². The number of halogens is 1. The van der Waals surface area contributed by atoms with Crippen LogP contribution in [0.2, 0.25) is 0 Å². The van der Waals surface area contributed by atoms with Gasteiger partial charge in [-0.05, 0) is 28.3 Å². The third-order valence-corrected chi connectivity index (χ3v) is 2.53. The van der Waals surface area contributed by atoms with Gasteiger partial charge in [-0.25, -0.2) is 14.8 Å². The number of methoxy groups -OCH3 is 1. The number of hydrogen-bond donors (Lipinski definition) is 1. The topological polar surface area (TPSA) is 64.1 Å². The van der Waals surface area contributed by atoms with E-state index in [1.54, 1.807) is 12.4 Å². The molecule has 0 unspecified atom stereocenters. The zero-order valence-corrected chi connectivity index (χ0v) is 11.7. The third-order valence-electron chi connectivity index (χ3n) is 2.12. The Kier molecular flexibility index (Phi) is 5.34. The largest absolute Gasteiger partial charge is 0.467 e. The summed E-state index contributed by atoms with van der Waals surface area (Å²) < 4.78 is 5.54. The van der Waals surface area contributed by atoms with Gasteiger partial charge in [0.15, 0.2) is 0 Å². The predicted octanol–water partition coefficient (Wildman–Crippen LogP) is 2.24. The van der Waals surface area contributed by atoms with Gasteiger partial charge < -0.3 is 10.1 Å². The number of hydrogen-bond acceptors (Lipinski definition) is 5. The van der Waals surface area contributed by atoms with Crippen LogP contribution in [0.1, 0.15) is 20.3 Å². The molecule has 0 fully saturated rings. The smallest absolute Gasteiger partial charge is 0.328 e. The van der Waals surface area contributed by atoms with Gasteiger partial charge in [0.05, 0.1) is 11.6 Å². The van der Waals surface area contributed by atoms with Crippen LogP contribution in [0.3, 0.4) is 0 Å². The Balaban J connectivity index is 2.71. The van der Waals surface area contributed by atoms with E-state index in [9.17, 15) is 4.79 Å². The van der Waals surface area contributed by atoms with Crippen molar-refractivity contribution in [1.29, 1.82) is 0 Å². The Morgan fingerprint density at radius 1 is 1.47 bits per heavy atom. The molecule has 5 nitrogen and oxygen atoms in total. The molecule has 0 spiro atoms. The first kappa shape index (κ1) is 13.9. The zero-order chi connectivity index (χ0) is 12.8. The second kappa shape index (κ2) is 6.54. The molecule has 1 aromatic heterocycles. The highest BCUT2D eigenvalue weighted by Crippen LogP contribution is 2.12. The molecule has 17 heavy (non-hydrogen) atoms. The maximum Gasteiger partial charge on any atom is 0.328 e. The summed E-state index contributed by atoms with van der Waals surface area (Å²) in [6, 6.07) is -0.416. The van der Waals surface area contributed by atoms with Gasteiger partial charge in [-0.3, -0.25) is 0 Å². The van der Waals surface area contributed by atoms with Crippen LogP contribution in [0.5, 0.6) is 0 Å². The Morgan fingerprint density at radius 3 is 2.53 bits per heavy atom. The SMILES string of the molecule is COC(=O)[C@@H](CC(C)C)Nc1ncc(Br)cn1. The van der Waals surface area contributed by atoms with E-state index in [-0.39, 0.29) is 5.97 Å². The maximum absolute atomic E-state index is 11.6. The highest BCUT2D eigenvalue weighted by molar-refractivity contribution is 9.10. The fourth-order valence-electron chi connectivity index (χ4n) is 1.37. The Bertz CT molecular complexity index is 367. The fraction of sp³-hybridized carbons (Fsp3) is 0.545. The van der Waals surface area contributed by atoms with Gasteiger partial charge in [-0.2, -0.15) is 0 Å². The number of esters is 1. The number of nitrogens with zero attached hydrogens (tertiary/aromatic N) is 2. The maximum atomic E-state index is 11.6. The first-order valence-corrected chi connectivity index (χ1v) is 6.14. The van der Waals surface area contributed by atoms with Crippen molar-refractivity contribution in [2.75, 3.05) is 12.4 Å². The number of anilines is 1. The third kappa shape index (κ3) is 4.68. The van der Waals surface area contributed by atoms with Crippen LogP contribution in [0.4, 0.5) is 5.95 Å². The summed E-state index contributed by atoms with van der Waals surface area (Å²) in [6.07, 6.45) is 3.92. The number of ether oxygens (including phenoxy) is 1. The molecule has 0 aromatic carbocycles. The molecule has 0 bridgehead atoms. The van der Waals surface area contributed by atoms with Gasteiger partial charge in [0.25, 0.3) is 0 Å². The summed E-state index contributed by atoms with van der Waals surface area (Å²) in [6.45, 7) is 4.08. The molecule has 0 saturated carbocycles. The van der Waals surface area contributed by atoms with Crippen molar-refractivity contribution in [1.82, 2.24) is 9.97 Å². The molecule has 1 atom stereocenters. The van der Waals surface area contributed by atoms with Crippen molar-refractivity contribution < 1.29 is 9.53 Å². The summed E-state index contributed by atoms with van der Waals surface area (Å²) in [7, 11) is 1.37. The van der Waals surface area contributed by atoms with E-state index in [0.29, 0.717) is 18.3 Å².